The Morgan fingerprint density at radius 1 is 1.18 bits per heavy atom. The lowest BCUT2D eigenvalue weighted by atomic mass is 10.2. The molecule has 0 spiro atoms. The third-order valence-electron chi connectivity index (χ3n) is 2.81. The van der Waals surface area contributed by atoms with E-state index in [1.54, 1.807) is 49.6 Å². The van der Waals surface area contributed by atoms with Crippen molar-refractivity contribution in [1.82, 2.24) is 0 Å². The number of primary amides is 1. The van der Waals surface area contributed by atoms with E-state index in [4.69, 9.17) is 34.3 Å². The van der Waals surface area contributed by atoms with Crippen LogP contribution in [0.15, 0.2) is 42.5 Å². The first kappa shape index (κ1) is 16.1. The van der Waals surface area contributed by atoms with Crippen molar-refractivity contribution in [3.63, 3.8) is 0 Å². The van der Waals surface area contributed by atoms with E-state index in [1.807, 2.05) is 0 Å². The van der Waals surface area contributed by atoms with E-state index in [0.717, 1.165) is 0 Å². The van der Waals surface area contributed by atoms with Crippen LogP contribution >= 0.6 is 23.8 Å². The Kier molecular flexibility index (Phi) is 5.19. The molecule has 0 aromatic heterocycles. The number of carbonyl (C=O) groups excluding carboxylic acids is 1. The SMILES string of the molecule is COc1ccc(NC(=S)Nc2cccc(C(N)=O)c2)cc1Cl. The third-order valence-corrected chi connectivity index (χ3v) is 3.31. The van der Waals surface area contributed by atoms with Gasteiger partial charge in [-0.15, -0.1) is 0 Å². The van der Waals surface area contributed by atoms with Gasteiger partial charge in [-0.05, 0) is 48.6 Å². The van der Waals surface area contributed by atoms with Crippen molar-refractivity contribution in [1.29, 1.82) is 0 Å². The zero-order valence-electron chi connectivity index (χ0n) is 11.7. The van der Waals surface area contributed by atoms with Gasteiger partial charge in [-0.3, -0.25) is 4.79 Å². The van der Waals surface area contributed by atoms with E-state index in [-0.39, 0.29) is 0 Å². The molecule has 0 saturated heterocycles. The number of hydrogen-bond donors (Lipinski definition) is 3. The maximum Gasteiger partial charge on any atom is 0.248 e. The van der Waals surface area contributed by atoms with Crippen LogP contribution in [0.4, 0.5) is 11.4 Å². The highest BCUT2D eigenvalue weighted by molar-refractivity contribution is 7.80. The molecule has 0 saturated carbocycles. The van der Waals surface area contributed by atoms with Gasteiger partial charge in [0.25, 0.3) is 0 Å². The van der Waals surface area contributed by atoms with E-state index < -0.39 is 5.91 Å². The smallest absolute Gasteiger partial charge is 0.248 e. The normalized spacial score (nSPS) is 9.91. The van der Waals surface area contributed by atoms with Crippen molar-refractivity contribution >= 4 is 46.2 Å². The minimum Gasteiger partial charge on any atom is -0.495 e. The fourth-order valence-electron chi connectivity index (χ4n) is 1.79. The van der Waals surface area contributed by atoms with E-state index in [2.05, 4.69) is 10.6 Å². The molecule has 0 radical (unpaired) electrons. The quantitative estimate of drug-likeness (QED) is 0.748. The van der Waals surface area contributed by atoms with Crippen molar-refractivity contribution in [3.8, 4) is 5.75 Å². The fraction of sp³-hybridized carbons (Fsp3) is 0.0667. The monoisotopic (exact) mass is 335 g/mol. The van der Waals surface area contributed by atoms with Gasteiger partial charge in [0.1, 0.15) is 5.75 Å². The zero-order valence-corrected chi connectivity index (χ0v) is 13.3. The average molecular weight is 336 g/mol. The van der Waals surface area contributed by atoms with Crippen LogP contribution in [0.3, 0.4) is 0 Å². The highest BCUT2D eigenvalue weighted by atomic mass is 35.5. The number of thiocarbonyl (C=S) groups is 1. The Labute approximate surface area is 138 Å². The molecule has 114 valence electrons. The van der Waals surface area contributed by atoms with E-state index in [9.17, 15) is 4.79 Å². The second-order valence-electron chi connectivity index (χ2n) is 4.37. The van der Waals surface area contributed by atoms with Crippen molar-refractivity contribution in [2.45, 2.75) is 0 Å². The first-order chi connectivity index (χ1) is 10.5. The average Bonchev–Trinajstić information content (AvgIpc) is 2.47. The lowest BCUT2D eigenvalue weighted by Crippen LogP contribution is -2.19. The maximum atomic E-state index is 11.1. The van der Waals surface area contributed by atoms with Gasteiger partial charge in [-0.2, -0.15) is 0 Å². The van der Waals surface area contributed by atoms with Gasteiger partial charge in [0.2, 0.25) is 5.91 Å². The van der Waals surface area contributed by atoms with Crippen LogP contribution in [0.25, 0.3) is 0 Å². The molecule has 2 rings (SSSR count). The fourth-order valence-corrected chi connectivity index (χ4v) is 2.28. The predicted molar refractivity (Wildman–Crippen MR) is 92.8 cm³/mol. The lowest BCUT2D eigenvalue weighted by molar-refractivity contribution is 0.100. The summed E-state index contributed by atoms with van der Waals surface area (Å²) in [6, 6.07) is 12.0. The molecule has 0 aliphatic carbocycles. The number of halogens is 1. The van der Waals surface area contributed by atoms with Gasteiger partial charge in [0, 0.05) is 16.9 Å². The molecule has 2 aromatic rings. The summed E-state index contributed by atoms with van der Waals surface area (Å²) in [7, 11) is 1.55. The van der Waals surface area contributed by atoms with Crippen molar-refractivity contribution < 1.29 is 9.53 Å². The van der Waals surface area contributed by atoms with E-state index in [0.29, 0.717) is 32.8 Å². The van der Waals surface area contributed by atoms with Crippen LogP contribution in [-0.4, -0.2) is 18.1 Å². The summed E-state index contributed by atoms with van der Waals surface area (Å²) in [6.07, 6.45) is 0. The molecule has 5 nitrogen and oxygen atoms in total. The number of rotatable bonds is 4. The van der Waals surface area contributed by atoms with Crippen molar-refractivity contribution in [2.75, 3.05) is 17.7 Å². The molecule has 7 heteroatoms. The van der Waals surface area contributed by atoms with Crippen molar-refractivity contribution in [3.05, 3.63) is 53.1 Å². The van der Waals surface area contributed by atoms with Crippen LogP contribution in [0, 0.1) is 0 Å². The van der Waals surface area contributed by atoms with Crippen molar-refractivity contribution in [2.24, 2.45) is 5.73 Å². The molecule has 0 unspecified atom stereocenters. The van der Waals surface area contributed by atoms with Crippen LogP contribution in [0.1, 0.15) is 10.4 Å². The van der Waals surface area contributed by atoms with E-state index in [1.165, 1.54) is 0 Å². The predicted octanol–water partition coefficient (Wildman–Crippen LogP) is 3.26. The molecule has 0 bridgehead atoms. The third kappa shape index (κ3) is 4.09. The number of benzene rings is 2. The number of nitrogens with two attached hydrogens (primary N) is 1. The first-order valence-electron chi connectivity index (χ1n) is 6.31. The molecule has 22 heavy (non-hydrogen) atoms. The number of carbonyl (C=O) groups is 1. The Morgan fingerprint density at radius 2 is 1.86 bits per heavy atom. The lowest BCUT2D eigenvalue weighted by Gasteiger charge is -2.12. The molecular formula is C15H14ClN3O2S. The number of ether oxygens (including phenoxy) is 1. The summed E-state index contributed by atoms with van der Waals surface area (Å²) in [6.45, 7) is 0. The van der Waals surface area contributed by atoms with E-state index >= 15 is 0 Å². The number of methoxy groups -OCH3 is 1. The second kappa shape index (κ2) is 7.11. The minimum atomic E-state index is -0.496. The largest absolute Gasteiger partial charge is 0.495 e. The van der Waals surface area contributed by atoms with Crippen LogP contribution in [0.2, 0.25) is 5.02 Å². The highest BCUT2D eigenvalue weighted by Gasteiger charge is 2.05. The topological polar surface area (TPSA) is 76.4 Å². The molecule has 2 aromatic carbocycles. The van der Waals surface area contributed by atoms with Gasteiger partial charge in [-0.1, -0.05) is 17.7 Å². The summed E-state index contributed by atoms with van der Waals surface area (Å²) in [5.74, 6) is 0.0877. The number of hydrogen-bond acceptors (Lipinski definition) is 3. The maximum absolute atomic E-state index is 11.1. The second-order valence-corrected chi connectivity index (χ2v) is 5.19. The van der Waals surface area contributed by atoms with Crippen LogP contribution in [0.5, 0.6) is 5.75 Å². The van der Waals surface area contributed by atoms with Gasteiger partial charge in [0.05, 0.1) is 12.1 Å². The number of anilines is 2. The number of nitrogens with one attached hydrogen (secondary N) is 2. The first-order valence-corrected chi connectivity index (χ1v) is 7.09. The van der Waals surface area contributed by atoms with Crippen LogP contribution < -0.4 is 21.1 Å². The molecular weight excluding hydrogens is 322 g/mol. The summed E-state index contributed by atoms with van der Waals surface area (Å²) >= 11 is 11.3. The molecule has 1 amide bonds. The molecule has 0 fully saturated rings. The standard InChI is InChI=1S/C15H14ClN3O2S/c1-21-13-6-5-11(8-12(13)16)19-15(22)18-10-4-2-3-9(7-10)14(17)20/h2-8H,1H3,(H2,17,20)(H2,18,19,22). The molecule has 0 aliphatic rings. The van der Waals surface area contributed by atoms with Gasteiger partial charge in [0.15, 0.2) is 5.11 Å². The van der Waals surface area contributed by atoms with Gasteiger partial charge in [-0.25, -0.2) is 0 Å². The zero-order chi connectivity index (χ0) is 16.1. The summed E-state index contributed by atoms with van der Waals surface area (Å²) < 4.78 is 5.08. The molecule has 0 aliphatic heterocycles. The van der Waals surface area contributed by atoms with Crippen LogP contribution in [-0.2, 0) is 0 Å². The number of amides is 1. The molecule has 0 heterocycles. The Morgan fingerprint density at radius 3 is 2.45 bits per heavy atom. The Balaban J connectivity index is 2.05. The van der Waals surface area contributed by atoms with Gasteiger partial charge < -0.3 is 21.1 Å². The minimum absolute atomic E-state index is 0.364. The molecule has 0 atom stereocenters. The molecule has 4 N–H and O–H groups in total. The Bertz CT molecular complexity index is 722. The summed E-state index contributed by atoms with van der Waals surface area (Å²) in [4.78, 5) is 11.1. The highest BCUT2D eigenvalue weighted by Crippen LogP contribution is 2.27. The summed E-state index contributed by atoms with van der Waals surface area (Å²) in [5, 5.41) is 6.81. The van der Waals surface area contributed by atoms with Gasteiger partial charge >= 0.3 is 0 Å². The summed E-state index contributed by atoms with van der Waals surface area (Å²) in [5.41, 5.74) is 7.02. The Hall–Kier alpha value is -2.31.